The second kappa shape index (κ2) is 6.41. The summed E-state index contributed by atoms with van der Waals surface area (Å²) in [5.41, 5.74) is -3.41. The fraction of sp³-hybridized carbons (Fsp3) is 0.700. The van der Waals surface area contributed by atoms with Gasteiger partial charge in [0.15, 0.2) is 0 Å². The molecule has 1 aromatic carbocycles. The van der Waals surface area contributed by atoms with Crippen molar-refractivity contribution < 1.29 is 20.4 Å². The summed E-state index contributed by atoms with van der Waals surface area (Å²) >= 11 is 0. The van der Waals surface area contributed by atoms with Gasteiger partial charge < -0.3 is 20.4 Å². The fourth-order valence-corrected chi connectivity index (χ4v) is 3.35. The van der Waals surface area contributed by atoms with Gasteiger partial charge in [-0.3, -0.25) is 0 Å². The van der Waals surface area contributed by atoms with Gasteiger partial charge >= 0.3 is 0 Å². The molecule has 0 heterocycles. The Morgan fingerprint density at radius 3 is 1.08 bits per heavy atom. The zero-order valence-electron chi connectivity index (χ0n) is 16.3. The summed E-state index contributed by atoms with van der Waals surface area (Å²) in [5, 5.41) is 43.5. The van der Waals surface area contributed by atoms with Crippen molar-refractivity contribution in [2.45, 2.75) is 78.8 Å². The normalized spacial score (nSPS) is 20.8. The minimum Gasteiger partial charge on any atom is -0.389 e. The van der Waals surface area contributed by atoms with E-state index >= 15 is 0 Å². The maximum Gasteiger partial charge on any atom is 0.113 e. The van der Waals surface area contributed by atoms with Crippen LogP contribution in [0, 0.1) is 10.8 Å². The third-order valence-corrected chi connectivity index (χ3v) is 4.72. The SMILES string of the molecule is CC(C)(C)C(O)C(C)(O)c1ccccc1C(C)(O)C(O)C(C)(C)C. The lowest BCUT2D eigenvalue weighted by Gasteiger charge is -2.43. The van der Waals surface area contributed by atoms with E-state index in [0.717, 1.165) is 0 Å². The Hall–Kier alpha value is -0.940. The monoisotopic (exact) mass is 338 g/mol. The van der Waals surface area contributed by atoms with Gasteiger partial charge in [-0.1, -0.05) is 65.8 Å². The molecule has 0 aliphatic heterocycles. The van der Waals surface area contributed by atoms with Gasteiger partial charge in [0.05, 0.1) is 12.2 Å². The Morgan fingerprint density at radius 2 is 0.875 bits per heavy atom. The van der Waals surface area contributed by atoms with Gasteiger partial charge in [-0.05, 0) is 35.8 Å². The Labute approximate surface area is 146 Å². The molecule has 4 N–H and O–H groups in total. The summed E-state index contributed by atoms with van der Waals surface area (Å²) in [6.07, 6.45) is -2.09. The molecule has 4 atom stereocenters. The number of aliphatic hydroxyl groups is 4. The second-order valence-corrected chi connectivity index (χ2v) is 9.38. The smallest absolute Gasteiger partial charge is 0.113 e. The Morgan fingerprint density at radius 1 is 0.625 bits per heavy atom. The van der Waals surface area contributed by atoms with E-state index in [2.05, 4.69) is 0 Å². The van der Waals surface area contributed by atoms with Crippen molar-refractivity contribution in [1.29, 1.82) is 0 Å². The average Bonchev–Trinajstić information content (AvgIpc) is 2.43. The first-order valence-corrected chi connectivity index (χ1v) is 8.45. The van der Waals surface area contributed by atoms with Crippen molar-refractivity contribution >= 4 is 0 Å². The van der Waals surface area contributed by atoms with Gasteiger partial charge in [-0.15, -0.1) is 0 Å². The summed E-state index contributed by atoms with van der Waals surface area (Å²) < 4.78 is 0. The van der Waals surface area contributed by atoms with E-state index in [-0.39, 0.29) is 0 Å². The highest BCUT2D eigenvalue weighted by molar-refractivity contribution is 5.38. The molecule has 0 amide bonds. The van der Waals surface area contributed by atoms with Crippen molar-refractivity contribution in [3.05, 3.63) is 35.4 Å². The first kappa shape index (κ1) is 21.1. The quantitative estimate of drug-likeness (QED) is 0.680. The highest BCUT2D eigenvalue weighted by Gasteiger charge is 2.46. The zero-order valence-corrected chi connectivity index (χ0v) is 16.3. The van der Waals surface area contributed by atoms with Gasteiger partial charge in [0.2, 0.25) is 0 Å². The fourth-order valence-electron chi connectivity index (χ4n) is 3.35. The molecule has 0 radical (unpaired) electrons. The molecule has 0 bridgehead atoms. The Bertz CT molecular complexity index is 511. The third-order valence-electron chi connectivity index (χ3n) is 4.72. The van der Waals surface area contributed by atoms with Crippen molar-refractivity contribution in [2.75, 3.05) is 0 Å². The summed E-state index contributed by atoms with van der Waals surface area (Å²) in [7, 11) is 0. The lowest BCUT2D eigenvalue weighted by Crippen LogP contribution is -2.49. The second-order valence-electron chi connectivity index (χ2n) is 9.38. The van der Waals surface area contributed by atoms with E-state index in [0.29, 0.717) is 11.1 Å². The van der Waals surface area contributed by atoms with E-state index < -0.39 is 34.2 Å². The van der Waals surface area contributed by atoms with Crippen LogP contribution in [0.4, 0.5) is 0 Å². The van der Waals surface area contributed by atoms with Gasteiger partial charge in [-0.2, -0.15) is 0 Å². The molecule has 24 heavy (non-hydrogen) atoms. The van der Waals surface area contributed by atoms with Crippen LogP contribution in [-0.2, 0) is 11.2 Å². The van der Waals surface area contributed by atoms with E-state index in [1.165, 1.54) is 0 Å². The molecule has 4 unspecified atom stereocenters. The summed E-state index contributed by atoms with van der Waals surface area (Å²) in [6, 6.07) is 6.88. The predicted molar refractivity (Wildman–Crippen MR) is 96.5 cm³/mol. The molecule has 138 valence electrons. The Kier molecular flexibility index (Phi) is 5.64. The number of benzene rings is 1. The molecule has 0 aromatic heterocycles. The first-order chi connectivity index (χ1) is 10.5. The van der Waals surface area contributed by atoms with Crippen LogP contribution in [0.15, 0.2) is 24.3 Å². The lowest BCUT2D eigenvalue weighted by molar-refractivity contribution is -0.130. The number of hydrogen-bond acceptors (Lipinski definition) is 4. The van der Waals surface area contributed by atoms with Crippen molar-refractivity contribution in [3.63, 3.8) is 0 Å². The highest BCUT2D eigenvalue weighted by Crippen LogP contribution is 2.42. The average molecular weight is 338 g/mol. The summed E-state index contributed by atoms with van der Waals surface area (Å²) in [5.74, 6) is 0. The van der Waals surface area contributed by atoms with Crippen molar-refractivity contribution in [3.8, 4) is 0 Å². The van der Waals surface area contributed by atoms with Crippen LogP contribution in [0.3, 0.4) is 0 Å². The molecule has 4 nitrogen and oxygen atoms in total. The van der Waals surface area contributed by atoms with E-state index in [9.17, 15) is 20.4 Å². The zero-order chi connectivity index (χ0) is 19.1. The van der Waals surface area contributed by atoms with Gasteiger partial charge in [0.1, 0.15) is 11.2 Å². The van der Waals surface area contributed by atoms with E-state index in [4.69, 9.17) is 0 Å². The predicted octanol–water partition coefficient (Wildman–Crippen LogP) is 2.92. The molecule has 0 aliphatic carbocycles. The van der Waals surface area contributed by atoms with Gasteiger partial charge in [0.25, 0.3) is 0 Å². The molecule has 0 aliphatic rings. The van der Waals surface area contributed by atoms with Crippen molar-refractivity contribution in [1.82, 2.24) is 0 Å². The minimum atomic E-state index is -1.57. The van der Waals surface area contributed by atoms with Gasteiger partial charge in [-0.25, -0.2) is 0 Å². The molecule has 0 spiro atoms. The summed E-state index contributed by atoms with van der Waals surface area (Å²) in [4.78, 5) is 0. The number of hydrogen-bond donors (Lipinski definition) is 4. The number of rotatable bonds is 4. The highest BCUT2D eigenvalue weighted by atomic mass is 16.3. The molecule has 0 fully saturated rings. The molecule has 1 rings (SSSR count). The molecular weight excluding hydrogens is 304 g/mol. The maximum absolute atomic E-state index is 11.1. The van der Waals surface area contributed by atoms with Crippen LogP contribution in [0.2, 0.25) is 0 Å². The van der Waals surface area contributed by atoms with Crippen molar-refractivity contribution in [2.24, 2.45) is 10.8 Å². The molecule has 0 saturated carbocycles. The maximum atomic E-state index is 11.1. The standard InChI is InChI=1S/C20H34O4/c1-17(2,3)15(21)19(7,23)13-11-9-10-12-14(13)20(8,24)16(22)18(4,5)6/h9-12,15-16,21-24H,1-8H3. The van der Waals surface area contributed by atoms with Gasteiger partial charge in [0, 0.05) is 0 Å². The van der Waals surface area contributed by atoms with Crippen LogP contribution in [0.25, 0.3) is 0 Å². The summed E-state index contributed by atoms with van der Waals surface area (Å²) in [6.45, 7) is 14.2. The third kappa shape index (κ3) is 3.99. The van der Waals surface area contributed by atoms with Crippen LogP contribution in [-0.4, -0.2) is 32.6 Å². The molecule has 1 aromatic rings. The lowest BCUT2D eigenvalue weighted by atomic mass is 9.70. The molecule has 0 saturated heterocycles. The van der Waals surface area contributed by atoms with Crippen LogP contribution in [0.5, 0.6) is 0 Å². The Balaban J connectivity index is 3.51. The molecular formula is C20H34O4. The largest absolute Gasteiger partial charge is 0.389 e. The topological polar surface area (TPSA) is 80.9 Å². The number of aliphatic hydroxyl groups excluding tert-OH is 2. The minimum absolute atomic E-state index is 0.417. The van der Waals surface area contributed by atoms with E-state index in [1.54, 1.807) is 38.1 Å². The van der Waals surface area contributed by atoms with Crippen LogP contribution >= 0.6 is 0 Å². The van der Waals surface area contributed by atoms with Crippen LogP contribution in [0.1, 0.15) is 66.5 Å². The van der Waals surface area contributed by atoms with Crippen LogP contribution < -0.4 is 0 Å². The first-order valence-electron chi connectivity index (χ1n) is 8.45. The molecule has 4 heteroatoms. The van der Waals surface area contributed by atoms with E-state index in [1.807, 2.05) is 41.5 Å².